The normalized spacial score (nSPS) is 18.1. The van der Waals surface area contributed by atoms with Crippen molar-refractivity contribution in [3.63, 3.8) is 0 Å². The van der Waals surface area contributed by atoms with Gasteiger partial charge in [-0.15, -0.1) is 10.2 Å². The fraction of sp³-hybridized carbons (Fsp3) is 0.579. The first kappa shape index (κ1) is 21.2. The fourth-order valence-corrected chi connectivity index (χ4v) is 4.50. The lowest BCUT2D eigenvalue weighted by atomic mass is 10.0. The third kappa shape index (κ3) is 5.31. The average Bonchev–Trinajstić information content (AvgIpc) is 3.29. The van der Waals surface area contributed by atoms with E-state index in [1.54, 1.807) is 6.26 Å². The molecule has 0 spiro atoms. The summed E-state index contributed by atoms with van der Waals surface area (Å²) in [7, 11) is 0. The van der Waals surface area contributed by atoms with Crippen LogP contribution in [0.2, 0.25) is 0 Å². The van der Waals surface area contributed by atoms with Crippen molar-refractivity contribution in [2.45, 2.75) is 50.6 Å². The summed E-state index contributed by atoms with van der Waals surface area (Å²) in [5, 5.41) is 11.1. The van der Waals surface area contributed by atoms with Crippen molar-refractivity contribution >= 4 is 29.6 Å². The van der Waals surface area contributed by atoms with Gasteiger partial charge in [0, 0.05) is 13.1 Å². The zero-order chi connectivity index (χ0) is 21.0. The fourth-order valence-electron chi connectivity index (χ4n) is 3.47. The molecule has 0 saturated carbocycles. The van der Waals surface area contributed by atoms with Crippen molar-refractivity contribution in [3.05, 3.63) is 24.2 Å². The van der Waals surface area contributed by atoms with Crippen molar-refractivity contribution in [1.29, 1.82) is 0 Å². The van der Waals surface area contributed by atoms with Gasteiger partial charge in [-0.2, -0.15) is 0 Å². The molecule has 3 N–H and O–H groups in total. The first-order valence-corrected chi connectivity index (χ1v) is 10.7. The van der Waals surface area contributed by atoms with Gasteiger partial charge in [-0.1, -0.05) is 32.5 Å². The number of carbonyl (C=O) groups is 2. The minimum absolute atomic E-state index is 0.0356. The van der Waals surface area contributed by atoms with Crippen molar-refractivity contribution in [2.24, 2.45) is 17.6 Å². The Morgan fingerprint density at radius 3 is 2.83 bits per heavy atom. The topological polar surface area (TPSA) is 119 Å². The number of rotatable bonds is 7. The Hall–Kier alpha value is -2.49. The molecule has 9 nitrogen and oxygen atoms in total. The summed E-state index contributed by atoms with van der Waals surface area (Å²) in [6.45, 7) is 8.36. The summed E-state index contributed by atoms with van der Waals surface area (Å²) >= 11 is 1.28. The van der Waals surface area contributed by atoms with Gasteiger partial charge in [0.2, 0.25) is 11.9 Å². The predicted octanol–water partition coefficient (Wildman–Crippen LogP) is 2.47. The molecule has 0 unspecified atom stereocenters. The van der Waals surface area contributed by atoms with Crippen LogP contribution in [0.1, 0.15) is 39.4 Å². The number of urea groups is 1. The van der Waals surface area contributed by atoms with Crippen molar-refractivity contribution in [3.8, 4) is 0 Å². The summed E-state index contributed by atoms with van der Waals surface area (Å²) < 4.78 is 7.51. The maximum atomic E-state index is 12.5. The van der Waals surface area contributed by atoms with Crippen LogP contribution in [-0.4, -0.2) is 45.0 Å². The van der Waals surface area contributed by atoms with Gasteiger partial charge < -0.3 is 15.1 Å². The highest BCUT2D eigenvalue weighted by Crippen LogP contribution is 2.31. The van der Waals surface area contributed by atoms with Crippen LogP contribution in [0.5, 0.6) is 0 Å². The lowest BCUT2D eigenvalue weighted by molar-refractivity contribution is -0.120. The Labute approximate surface area is 174 Å². The van der Waals surface area contributed by atoms with Crippen molar-refractivity contribution in [2.75, 3.05) is 18.0 Å². The molecule has 158 valence electrons. The Kier molecular flexibility index (Phi) is 6.83. The van der Waals surface area contributed by atoms with Gasteiger partial charge in [-0.05, 0) is 36.8 Å². The number of aromatic nitrogens is 3. The van der Waals surface area contributed by atoms with Gasteiger partial charge in [0.15, 0.2) is 5.16 Å². The molecule has 0 aromatic carbocycles. The quantitative estimate of drug-likeness (QED) is 0.660. The molecular weight excluding hydrogens is 392 g/mol. The molecule has 29 heavy (non-hydrogen) atoms. The number of furan rings is 1. The number of imide groups is 1. The second kappa shape index (κ2) is 9.34. The maximum absolute atomic E-state index is 12.5. The first-order valence-electron chi connectivity index (χ1n) is 9.82. The Balaban J connectivity index is 1.90. The van der Waals surface area contributed by atoms with Crippen LogP contribution in [0, 0.1) is 11.8 Å². The van der Waals surface area contributed by atoms with E-state index in [9.17, 15) is 9.59 Å². The van der Waals surface area contributed by atoms with E-state index in [4.69, 9.17) is 10.2 Å². The summed E-state index contributed by atoms with van der Waals surface area (Å²) in [6, 6.07) is 2.88. The number of primary amides is 1. The Morgan fingerprint density at radius 1 is 1.41 bits per heavy atom. The molecule has 1 aliphatic heterocycles. The van der Waals surface area contributed by atoms with Crippen LogP contribution in [-0.2, 0) is 11.3 Å². The number of piperidine rings is 1. The number of nitrogens with two attached hydrogens (primary N) is 1. The molecule has 2 atom stereocenters. The second-order valence-corrected chi connectivity index (χ2v) is 8.89. The van der Waals surface area contributed by atoms with Crippen molar-refractivity contribution < 1.29 is 14.0 Å². The number of thioether (sulfide) groups is 1. The highest BCUT2D eigenvalue weighted by atomic mass is 32.2. The molecule has 3 rings (SSSR count). The monoisotopic (exact) mass is 420 g/mol. The van der Waals surface area contributed by atoms with Crippen LogP contribution in [0.4, 0.5) is 10.7 Å². The molecule has 1 saturated heterocycles. The van der Waals surface area contributed by atoms with Crippen LogP contribution >= 0.6 is 11.8 Å². The second-order valence-electron chi connectivity index (χ2n) is 7.78. The van der Waals surface area contributed by atoms with Gasteiger partial charge in [-0.3, -0.25) is 14.7 Å². The summed E-state index contributed by atoms with van der Waals surface area (Å²) in [5.74, 6) is 1.66. The molecular formula is C19H28N6O3S. The summed E-state index contributed by atoms with van der Waals surface area (Å²) in [4.78, 5) is 25.8. The first-order chi connectivity index (χ1) is 13.8. The molecule has 0 aliphatic carbocycles. The average molecular weight is 421 g/mol. The zero-order valence-electron chi connectivity index (χ0n) is 17.0. The van der Waals surface area contributed by atoms with E-state index in [0.717, 1.165) is 31.2 Å². The van der Waals surface area contributed by atoms with E-state index < -0.39 is 17.2 Å². The molecule has 10 heteroatoms. The molecule has 2 aromatic heterocycles. The third-order valence-corrected chi connectivity index (χ3v) is 6.40. The number of carbonyl (C=O) groups excluding carboxylic acids is 2. The van der Waals surface area contributed by atoms with E-state index in [-0.39, 0.29) is 5.92 Å². The predicted molar refractivity (Wildman–Crippen MR) is 111 cm³/mol. The van der Waals surface area contributed by atoms with Crippen LogP contribution in [0.3, 0.4) is 0 Å². The largest absolute Gasteiger partial charge is 0.467 e. The van der Waals surface area contributed by atoms with Gasteiger partial charge in [0.05, 0.1) is 18.1 Å². The van der Waals surface area contributed by atoms with Gasteiger partial charge in [0.1, 0.15) is 5.76 Å². The molecule has 2 aromatic rings. The number of nitrogens with zero attached hydrogens (tertiary/aromatic N) is 4. The van der Waals surface area contributed by atoms with E-state index in [0.29, 0.717) is 17.6 Å². The van der Waals surface area contributed by atoms with Gasteiger partial charge in [0.25, 0.3) is 0 Å². The maximum Gasteiger partial charge on any atom is 0.318 e. The van der Waals surface area contributed by atoms with E-state index in [1.165, 1.54) is 18.2 Å². The SMILES string of the molecule is CC(C)[C@@H](Sc1nnc(N2CCC[C@H](C)C2)n1Cc1ccco1)C(=O)NC(N)=O. The Bertz CT molecular complexity index is 835. The number of hydrogen-bond acceptors (Lipinski definition) is 7. The van der Waals surface area contributed by atoms with Gasteiger partial charge in [-0.25, -0.2) is 4.79 Å². The van der Waals surface area contributed by atoms with Crippen LogP contribution < -0.4 is 16.0 Å². The molecule has 3 amide bonds. The molecule has 0 radical (unpaired) electrons. The molecule has 3 heterocycles. The van der Waals surface area contributed by atoms with Gasteiger partial charge >= 0.3 is 6.03 Å². The number of nitrogens with one attached hydrogen (secondary N) is 1. The highest BCUT2D eigenvalue weighted by Gasteiger charge is 2.29. The number of amides is 3. The van der Waals surface area contributed by atoms with E-state index in [2.05, 4.69) is 27.3 Å². The third-order valence-electron chi connectivity index (χ3n) is 4.87. The van der Waals surface area contributed by atoms with E-state index >= 15 is 0 Å². The Morgan fingerprint density at radius 2 is 2.21 bits per heavy atom. The van der Waals surface area contributed by atoms with Crippen LogP contribution in [0.25, 0.3) is 0 Å². The lowest BCUT2D eigenvalue weighted by Crippen LogP contribution is -2.42. The molecule has 1 aliphatic rings. The van der Waals surface area contributed by atoms with E-state index in [1.807, 2.05) is 30.5 Å². The molecule has 1 fully saturated rings. The minimum atomic E-state index is -0.860. The zero-order valence-corrected chi connectivity index (χ0v) is 17.8. The minimum Gasteiger partial charge on any atom is -0.467 e. The number of hydrogen-bond donors (Lipinski definition) is 2. The molecule has 0 bridgehead atoms. The standard InChI is InChI=1S/C19H28N6O3S/c1-12(2)15(16(26)21-17(20)27)29-19-23-22-18(24-8-4-6-13(3)10-24)25(19)11-14-7-5-9-28-14/h5,7,9,12-13,15H,4,6,8,10-11H2,1-3H3,(H3,20,21,26,27)/t13-,15+/m0/s1. The van der Waals surface area contributed by atoms with Crippen molar-refractivity contribution in [1.82, 2.24) is 20.1 Å². The highest BCUT2D eigenvalue weighted by molar-refractivity contribution is 8.00. The smallest absolute Gasteiger partial charge is 0.318 e. The summed E-state index contributed by atoms with van der Waals surface area (Å²) in [5.41, 5.74) is 5.13. The van der Waals surface area contributed by atoms with Crippen LogP contribution in [0.15, 0.2) is 28.0 Å². The summed E-state index contributed by atoms with van der Waals surface area (Å²) in [6.07, 6.45) is 3.94. The number of anilines is 1. The lowest BCUT2D eigenvalue weighted by Gasteiger charge is -2.31.